The number of hydrogen-bond donors (Lipinski definition) is 2. The van der Waals surface area contributed by atoms with Crippen LogP contribution in [0.3, 0.4) is 0 Å². The van der Waals surface area contributed by atoms with E-state index in [0.717, 1.165) is 10.2 Å². The van der Waals surface area contributed by atoms with Crippen LogP contribution in [-0.2, 0) is 0 Å². The second-order valence-electron chi connectivity index (χ2n) is 4.15. The van der Waals surface area contributed by atoms with Gasteiger partial charge in [0, 0.05) is 0 Å². The molecule has 3 rings (SSSR count). The number of nitrogen functional groups attached to an aromatic ring is 1. The van der Waals surface area contributed by atoms with Gasteiger partial charge in [-0.25, -0.2) is 15.2 Å². The Labute approximate surface area is 118 Å². The molecule has 0 aliphatic rings. The number of nitrogens with two attached hydrogens (primary N) is 1. The minimum Gasteiger partial charge on any atom is -0.438 e. The van der Waals surface area contributed by atoms with Crippen molar-refractivity contribution in [2.45, 2.75) is 6.92 Å². The summed E-state index contributed by atoms with van der Waals surface area (Å²) >= 11 is 1.46. The Morgan fingerprint density at radius 3 is 2.90 bits per heavy atom. The maximum atomic E-state index is 13.3. The topological polar surface area (TPSA) is 73.1 Å². The Hall–Kier alpha value is -2.25. The monoisotopic (exact) mass is 290 g/mol. The van der Waals surface area contributed by atoms with Crippen LogP contribution in [0.1, 0.15) is 5.56 Å². The Morgan fingerprint density at radius 2 is 2.15 bits per heavy atom. The van der Waals surface area contributed by atoms with Crippen molar-refractivity contribution in [1.29, 1.82) is 0 Å². The normalized spacial score (nSPS) is 10.8. The molecule has 0 saturated carbocycles. The summed E-state index contributed by atoms with van der Waals surface area (Å²) in [5.74, 6) is 6.24. The summed E-state index contributed by atoms with van der Waals surface area (Å²) in [6, 6.07) is 6.40. The summed E-state index contributed by atoms with van der Waals surface area (Å²) < 4.78 is 19.0. The van der Waals surface area contributed by atoms with Crippen LogP contribution in [0, 0.1) is 12.7 Å². The highest BCUT2D eigenvalue weighted by Crippen LogP contribution is 2.31. The van der Waals surface area contributed by atoms with Gasteiger partial charge in [-0.3, -0.25) is 5.43 Å². The molecule has 1 aromatic carbocycles. The number of fused-ring (bicyclic) bond motifs is 1. The first-order valence-corrected chi connectivity index (χ1v) is 6.71. The molecule has 0 bridgehead atoms. The van der Waals surface area contributed by atoms with Crippen LogP contribution in [0.5, 0.6) is 11.6 Å². The lowest BCUT2D eigenvalue weighted by atomic mass is 10.2. The molecule has 0 unspecified atom stereocenters. The van der Waals surface area contributed by atoms with Crippen molar-refractivity contribution in [3.8, 4) is 11.6 Å². The molecule has 2 heterocycles. The number of anilines is 1. The third kappa shape index (κ3) is 2.28. The molecule has 0 aliphatic carbocycles. The second kappa shape index (κ2) is 5.03. The molecule has 3 N–H and O–H groups in total. The lowest BCUT2D eigenvalue weighted by molar-refractivity contribution is 0.466. The van der Waals surface area contributed by atoms with E-state index >= 15 is 0 Å². The summed E-state index contributed by atoms with van der Waals surface area (Å²) in [6.45, 7) is 1.68. The van der Waals surface area contributed by atoms with Crippen molar-refractivity contribution >= 4 is 27.5 Å². The average Bonchev–Trinajstić information content (AvgIpc) is 2.91. The van der Waals surface area contributed by atoms with E-state index in [4.69, 9.17) is 10.6 Å². The molecule has 0 atom stereocenters. The summed E-state index contributed by atoms with van der Waals surface area (Å²) in [5.41, 5.74) is 2.91. The zero-order valence-corrected chi connectivity index (χ0v) is 11.4. The summed E-state index contributed by atoms with van der Waals surface area (Å²) in [7, 11) is 0. The van der Waals surface area contributed by atoms with Crippen molar-refractivity contribution in [2.75, 3.05) is 5.43 Å². The molecule has 0 fully saturated rings. The number of hydrogen-bond acceptors (Lipinski definition) is 6. The summed E-state index contributed by atoms with van der Waals surface area (Å²) in [6.07, 6.45) is 0. The first-order valence-electron chi connectivity index (χ1n) is 5.83. The highest BCUT2D eigenvalue weighted by molar-refractivity contribution is 7.16. The molecule has 0 aliphatic heterocycles. The van der Waals surface area contributed by atoms with Crippen LogP contribution >= 0.6 is 11.3 Å². The first kappa shape index (κ1) is 12.8. The van der Waals surface area contributed by atoms with E-state index in [2.05, 4.69) is 15.4 Å². The highest BCUT2D eigenvalue weighted by atomic mass is 32.1. The van der Waals surface area contributed by atoms with E-state index in [1.165, 1.54) is 17.4 Å². The molecule has 2 aromatic heterocycles. The minimum absolute atomic E-state index is 0.272. The van der Waals surface area contributed by atoms with Crippen LogP contribution in [0.2, 0.25) is 0 Å². The lowest BCUT2D eigenvalue weighted by Gasteiger charge is -2.08. The average molecular weight is 290 g/mol. The molecule has 5 nitrogen and oxygen atoms in total. The number of hydrazine groups is 1. The van der Waals surface area contributed by atoms with Crippen LogP contribution in [0.4, 0.5) is 10.3 Å². The van der Waals surface area contributed by atoms with Gasteiger partial charge < -0.3 is 4.74 Å². The van der Waals surface area contributed by atoms with E-state index < -0.39 is 0 Å². The minimum atomic E-state index is -0.273. The zero-order chi connectivity index (χ0) is 14.1. The number of aromatic nitrogens is 2. The van der Waals surface area contributed by atoms with Gasteiger partial charge in [0.1, 0.15) is 16.4 Å². The van der Waals surface area contributed by atoms with Gasteiger partial charge in [0.25, 0.3) is 0 Å². The van der Waals surface area contributed by atoms with Crippen molar-refractivity contribution in [2.24, 2.45) is 5.84 Å². The Morgan fingerprint density at radius 1 is 1.30 bits per heavy atom. The molecule has 20 heavy (non-hydrogen) atoms. The maximum Gasteiger partial charge on any atom is 0.241 e. The molecular formula is C13H11FN4OS. The molecule has 3 aromatic rings. The summed E-state index contributed by atoms with van der Waals surface area (Å²) in [5, 5.41) is 2.68. The number of rotatable bonds is 3. The molecule has 0 saturated heterocycles. The van der Waals surface area contributed by atoms with Crippen LogP contribution in [0.25, 0.3) is 10.2 Å². The van der Waals surface area contributed by atoms with Gasteiger partial charge in [0.15, 0.2) is 0 Å². The molecule has 0 spiro atoms. The molecule has 102 valence electrons. The fourth-order valence-corrected chi connectivity index (χ4v) is 2.52. The molecule has 7 heteroatoms. The van der Waals surface area contributed by atoms with E-state index in [9.17, 15) is 4.39 Å². The number of nitrogens with one attached hydrogen (secondary N) is 1. The number of thiophene rings is 1. The predicted molar refractivity (Wildman–Crippen MR) is 76.4 cm³/mol. The number of nitrogens with zero attached hydrogens (tertiary/aromatic N) is 2. The number of aryl methyl sites for hydroxylation is 1. The van der Waals surface area contributed by atoms with E-state index in [1.807, 2.05) is 11.4 Å². The number of benzene rings is 1. The molecular weight excluding hydrogens is 279 g/mol. The fourth-order valence-electron chi connectivity index (χ4n) is 1.76. The van der Waals surface area contributed by atoms with Gasteiger partial charge in [0.05, 0.1) is 5.39 Å². The van der Waals surface area contributed by atoms with E-state index in [-0.39, 0.29) is 11.8 Å². The van der Waals surface area contributed by atoms with E-state index in [1.54, 1.807) is 19.1 Å². The van der Waals surface area contributed by atoms with Gasteiger partial charge in [-0.1, -0.05) is 0 Å². The predicted octanol–water partition coefficient (Wildman–Crippen LogP) is 3.22. The highest BCUT2D eigenvalue weighted by Gasteiger charge is 2.11. The van der Waals surface area contributed by atoms with Gasteiger partial charge in [-0.05, 0) is 42.1 Å². The lowest BCUT2D eigenvalue weighted by Crippen LogP contribution is -2.10. The van der Waals surface area contributed by atoms with Gasteiger partial charge in [-0.2, -0.15) is 4.98 Å². The van der Waals surface area contributed by atoms with Gasteiger partial charge >= 0.3 is 0 Å². The van der Waals surface area contributed by atoms with Crippen molar-refractivity contribution < 1.29 is 9.13 Å². The Balaban J connectivity index is 2.04. The van der Waals surface area contributed by atoms with Crippen molar-refractivity contribution in [1.82, 2.24) is 9.97 Å². The van der Waals surface area contributed by atoms with Gasteiger partial charge in [-0.15, -0.1) is 11.3 Å². The molecule has 0 amide bonds. The maximum absolute atomic E-state index is 13.3. The zero-order valence-electron chi connectivity index (χ0n) is 10.6. The van der Waals surface area contributed by atoms with Crippen LogP contribution < -0.4 is 16.0 Å². The van der Waals surface area contributed by atoms with Crippen molar-refractivity contribution in [3.63, 3.8) is 0 Å². The fraction of sp³-hybridized carbons (Fsp3) is 0.0769. The SMILES string of the molecule is Cc1cc(Oc2nc(NN)nc3sccc23)ccc1F. The first-order chi connectivity index (χ1) is 9.67. The van der Waals surface area contributed by atoms with E-state index in [0.29, 0.717) is 17.2 Å². The molecule has 0 radical (unpaired) electrons. The number of halogens is 1. The third-order valence-corrected chi connectivity index (χ3v) is 3.57. The van der Waals surface area contributed by atoms with Gasteiger partial charge in [0.2, 0.25) is 11.8 Å². The Bertz CT molecular complexity index is 774. The quantitative estimate of drug-likeness (QED) is 0.572. The third-order valence-electron chi connectivity index (χ3n) is 2.76. The largest absolute Gasteiger partial charge is 0.438 e. The smallest absolute Gasteiger partial charge is 0.241 e. The van der Waals surface area contributed by atoms with Crippen LogP contribution in [-0.4, -0.2) is 9.97 Å². The Kier molecular flexibility index (Phi) is 3.21. The second-order valence-corrected chi connectivity index (χ2v) is 5.04. The summed E-state index contributed by atoms with van der Waals surface area (Å²) in [4.78, 5) is 9.17. The number of ether oxygens (including phenoxy) is 1. The van der Waals surface area contributed by atoms with Crippen LogP contribution in [0.15, 0.2) is 29.6 Å². The standard InChI is InChI=1S/C13H11FN4OS/c1-7-6-8(2-3-10(7)14)19-11-9-4-5-20-12(9)17-13(16-11)18-15/h2-6H,15H2,1H3,(H,16,17,18). The van der Waals surface area contributed by atoms with Crippen molar-refractivity contribution in [3.05, 3.63) is 41.0 Å².